The Morgan fingerprint density at radius 2 is 1.67 bits per heavy atom. The third-order valence-electron chi connectivity index (χ3n) is 5.63. The quantitative estimate of drug-likeness (QED) is 0.371. The van der Waals surface area contributed by atoms with Crippen LogP contribution in [0.5, 0.6) is 0 Å². The number of nitrogens with one attached hydrogen (secondary N) is 1. The summed E-state index contributed by atoms with van der Waals surface area (Å²) in [7, 11) is -3.94. The molecule has 0 aliphatic rings. The van der Waals surface area contributed by atoms with Gasteiger partial charge in [0.15, 0.2) is 5.65 Å². The third-order valence-corrected chi connectivity index (χ3v) is 7.52. The fraction of sp³-hybridized carbons (Fsp3) is 0.125. The second-order valence-electron chi connectivity index (χ2n) is 7.99. The molecule has 0 amide bonds. The maximum absolute atomic E-state index is 13.5. The van der Waals surface area contributed by atoms with Crippen molar-refractivity contribution in [2.75, 3.05) is 5.32 Å². The van der Waals surface area contributed by atoms with Gasteiger partial charge in [0.1, 0.15) is 5.82 Å². The largest absolute Gasteiger partial charge is 0.340 e. The van der Waals surface area contributed by atoms with E-state index in [1.165, 1.54) is 4.52 Å². The molecular weight excluding hydrogens is 458 g/mol. The Balaban J connectivity index is 1.75. The predicted molar refractivity (Wildman–Crippen MR) is 129 cm³/mol. The molecule has 0 aliphatic heterocycles. The molecule has 5 rings (SSSR count). The molecule has 0 atom stereocenters. The van der Waals surface area contributed by atoms with Gasteiger partial charge in [-0.1, -0.05) is 40.6 Å². The molecule has 7 nitrogen and oxygen atoms in total. The van der Waals surface area contributed by atoms with Crippen LogP contribution in [0.4, 0.5) is 11.5 Å². The van der Waals surface area contributed by atoms with Crippen LogP contribution in [-0.4, -0.2) is 28.2 Å². The molecule has 0 saturated carbocycles. The summed E-state index contributed by atoms with van der Waals surface area (Å²) >= 11 is 6.25. The molecule has 2 aromatic heterocycles. The molecule has 9 heteroatoms. The van der Waals surface area contributed by atoms with Gasteiger partial charge in [0.2, 0.25) is 14.9 Å². The van der Waals surface area contributed by atoms with Gasteiger partial charge < -0.3 is 5.32 Å². The van der Waals surface area contributed by atoms with Crippen molar-refractivity contribution < 1.29 is 8.42 Å². The van der Waals surface area contributed by atoms with E-state index >= 15 is 0 Å². The highest BCUT2D eigenvalue weighted by Gasteiger charge is 2.27. The maximum atomic E-state index is 13.5. The first kappa shape index (κ1) is 21.4. The van der Waals surface area contributed by atoms with E-state index in [0.717, 1.165) is 22.4 Å². The van der Waals surface area contributed by atoms with E-state index in [9.17, 15) is 8.42 Å². The Hall–Kier alpha value is -3.49. The Kier molecular flexibility index (Phi) is 5.07. The average molecular weight is 478 g/mol. The molecule has 5 aromatic rings. The van der Waals surface area contributed by atoms with Gasteiger partial charge in [0.05, 0.1) is 10.4 Å². The molecule has 0 radical (unpaired) electrons. The zero-order chi connectivity index (χ0) is 23.3. The van der Waals surface area contributed by atoms with Crippen molar-refractivity contribution in [3.05, 3.63) is 82.4 Å². The summed E-state index contributed by atoms with van der Waals surface area (Å²) in [6, 6.07) is 18.1. The minimum Gasteiger partial charge on any atom is -0.340 e. The fourth-order valence-electron chi connectivity index (χ4n) is 3.60. The van der Waals surface area contributed by atoms with Gasteiger partial charge in [-0.05, 0) is 74.4 Å². The van der Waals surface area contributed by atoms with E-state index in [1.807, 2.05) is 45.0 Å². The van der Waals surface area contributed by atoms with Gasteiger partial charge in [-0.15, -0.1) is 5.10 Å². The van der Waals surface area contributed by atoms with E-state index in [0.29, 0.717) is 21.7 Å². The number of aryl methyl sites for hydroxylation is 3. The summed E-state index contributed by atoms with van der Waals surface area (Å²) in [5.74, 6) is 0.461. The van der Waals surface area contributed by atoms with Crippen LogP contribution < -0.4 is 5.32 Å². The summed E-state index contributed by atoms with van der Waals surface area (Å²) < 4.78 is 28.4. The number of sulfone groups is 1. The van der Waals surface area contributed by atoms with Crippen LogP contribution in [0, 0.1) is 20.8 Å². The first-order valence-corrected chi connectivity index (χ1v) is 12.1. The van der Waals surface area contributed by atoms with Crippen molar-refractivity contribution in [2.24, 2.45) is 0 Å². The SMILES string of the molecule is Cc1ccc(Nc2nc3c(S(=O)(=O)c4ccc(C)c(C)c4)nnn3c3ccc(Cl)cc23)cc1. The highest BCUT2D eigenvalue weighted by atomic mass is 35.5. The Bertz CT molecular complexity index is 1640. The van der Waals surface area contributed by atoms with Crippen LogP contribution in [0.15, 0.2) is 70.6 Å². The van der Waals surface area contributed by atoms with Gasteiger partial charge in [-0.2, -0.15) is 4.52 Å². The Morgan fingerprint density at radius 1 is 0.909 bits per heavy atom. The smallest absolute Gasteiger partial charge is 0.229 e. The molecule has 0 spiro atoms. The normalized spacial score (nSPS) is 11.9. The standard InChI is InChI=1S/C24H20ClN5O2S/c1-14-4-8-18(9-5-14)26-22-20-13-17(25)7-11-21(20)30-23(27-22)24(28-29-30)33(31,32)19-10-6-15(2)16(3)12-19/h4-13H,1-3H3,(H,26,27). The van der Waals surface area contributed by atoms with Gasteiger partial charge in [0.25, 0.3) is 0 Å². The second-order valence-corrected chi connectivity index (χ2v) is 10.3. The lowest BCUT2D eigenvalue weighted by molar-refractivity contribution is 0.592. The molecule has 0 aliphatic carbocycles. The lowest BCUT2D eigenvalue weighted by atomic mass is 10.1. The van der Waals surface area contributed by atoms with E-state index in [4.69, 9.17) is 11.6 Å². The van der Waals surface area contributed by atoms with E-state index in [1.54, 1.807) is 36.4 Å². The minimum atomic E-state index is -3.94. The Morgan fingerprint density at radius 3 is 2.39 bits per heavy atom. The van der Waals surface area contributed by atoms with Crippen molar-refractivity contribution in [2.45, 2.75) is 30.7 Å². The zero-order valence-electron chi connectivity index (χ0n) is 18.2. The van der Waals surface area contributed by atoms with E-state index < -0.39 is 9.84 Å². The molecule has 2 heterocycles. The van der Waals surface area contributed by atoms with Crippen LogP contribution in [0.1, 0.15) is 16.7 Å². The van der Waals surface area contributed by atoms with Crippen LogP contribution in [-0.2, 0) is 9.84 Å². The van der Waals surface area contributed by atoms with Crippen LogP contribution >= 0.6 is 11.6 Å². The van der Waals surface area contributed by atoms with E-state index in [-0.39, 0.29) is 15.6 Å². The second kappa shape index (κ2) is 7.83. The topological polar surface area (TPSA) is 89.2 Å². The number of rotatable bonds is 4. The molecule has 3 aromatic carbocycles. The molecule has 166 valence electrons. The summed E-state index contributed by atoms with van der Waals surface area (Å²) in [6.45, 7) is 5.81. The first-order valence-electron chi connectivity index (χ1n) is 10.2. The van der Waals surface area contributed by atoms with Gasteiger partial charge in [0, 0.05) is 16.1 Å². The van der Waals surface area contributed by atoms with Gasteiger partial charge in [-0.25, -0.2) is 13.4 Å². The number of halogens is 1. The van der Waals surface area contributed by atoms with Crippen LogP contribution in [0.2, 0.25) is 5.02 Å². The number of benzene rings is 3. The number of hydrogen-bond donors (Lipinski definition) is 1. The molecule has 1 N–H and O–H groups in total. The number of nitrogens with zero attached hydrogens (tertiary/aromatic N) is 4. The van der Waals surface area contributed by atoms with Gasteiger partial charge >= 0.3 is 0 Å². The number of fused-ring (bicyclic) bond motifs is 3. The van der Waals surface area contributed by atoms with Crippen LogP contribution in [0.3, 0.4) is 0 Å². The third kappa shape index (κ3) is 3.71. The first-order chi connectivity index (χ1) is 15.7. The average Bonchev–Trinajstić information content (AvgIpc) is 3.22. The summed E-state index contributed by atoms with van der Waals surface area (Å²) in [5, 5.41) is 12.5. The highest BCUT2D eigenvalue weighted by Crippen LogP contribution is 2.31. The van der Waals surface area contributed by atoms with E-state index in [2.05, 4.69) is 20.6 Å². The van der Waals surface area contributed by atoms with Crippen molar-refractivity contribution >= 4 is 49.5 Å². The zero-order valence-corrected chi connectivity index (χ0v) is 19.7. The van der Waals surface area contributed by atoms with Crippen molar-refractivity contribution in [3.63, 3.8) is 0 Å². The van der Waals surface area contributed by atoms with Crippen molar-refractivity contribution in [3.8, 4) is 0 Å². The molecule has 0 unspecified atom stereocenters. The fourth-order valence-corrected chi connectivity index (χ4v) is 5.10. The number of hydrogen-bond acceptors (Lipinski definition) is 6. The molecular formula is C24H20ClN5O2S. The van der Waals surface area contributed by atoms with Crippen molar-refractivity contribution in [1.29, 1.82) is 0 Å². The molecule has 0 saturated heterocycles. The summed E-state index contributed by atoms with van der Waals surface area (Å²) in [6.07, 6.45) is 0. The number of aromatic nitrogens is 4. The Labute approximate surface area is 196 Å². The summed E-state index contributed by atoms with van der Waals surface area (Å²) in [4.78, 5) is 4.79. The van der Waals surface area contributed by atoms with Crippen LogP contribution in [0.25, 0.3) is 16.6 Å². The number of anilines is 2. The molecule has 0 fully saturated rings. The molecule has 0 bridgehead atoms. The monoisotopic (exact) mass is 477 g/mol. The van der Waals surface area contributed by atoms with Crippen molar-refractivity contribution in [1.82, 2.24) is 19.8 Å². The minimum absolute atomic E-state index is 0.137. The predicted octanol–water partition coefficient (Wildman–Crippen LogP) is 5.43. The molecule has 33 heavy (non-hydrogen) atoms. The highest BCUT2D eigenvalue weighted by molar-refractivity contribution is 7.91. The lowest BCUT2D eigenvalue weighted by Crippen LogP contribution is -2.06. The maximum Gasteiger partial charge on any atom is 0.229 e. The lowest BCUT2D eigenvalue weighted by Gasteiger charge is -2.11. The summed E-state index contributed by atoms with van der Waals surface area (Å²) in [5.41, 5.74) is 4.59. The van der Waals surface area contributed by atoms with Gasteiger partial charge in [-0.3, -0.25) is 0 Å².